The summed E-state index contributed by atoms with van der Waals surface area (Å²) in [5, 5.41) is 7.59. The van der Waals surface area contributed by atoms with Crippen LogP contribution in [0.2, 0.25) is 0 Å². The van der Waals surface area contributed by atoms with E-state index in [4.69, 9.17) is 15.9 Å². The molecular weight excluding hydrogens is 389 g/mol. The number of nitrogens with zero attached hydrogens (tertiary/aromatic N) is 3. The van der Waals surface area contributed by atoms with Crippen molar-refractivity contribution in [3.63, 3.8) is 0 Å². The largest absolute Gasteiger partial charge is 0.490 e. The molecule has 2 heterocycles. The second-order valence-electron chi connectivity index (χ2n) is 6.38. The molecule has 0 spiro atoms. The number of amides is 1. The van der Waals surface area contributed by atoms with Crippen molar-refractivity contribution in [2.24, 2.45) is 5.73 Å². The van der Waals surface area contributed by atoms with Crippen LogP contribution in [0.5, 0.6) is 5.75 Å². The second-order valence-corrected chi connectivity index (χ2v) is 6.38. The first kappa shape index (κ1) is 20.2. The molecule has 3 aromatic rings. The number of carbonyl (C=O) groups excluding carboxylic acids is 1. The Morgan fingerprint density at radius 3 is 2.79 bits per heavy atom. The standard InChI is InChI=1S/C18H19F3N6O2/c1-26(17(22)23)16(28)13-8-12-11(9-18(19,20)21)2-3-14(15(12)25-13)29-7-6-27-5-4-24-10-27/h2-5,8,10,25H,6-7,9H2,1H3,(H3,22,23). The lowest BCUT2D eigenvalue weighted by molar-refractivity contribution is -0.127. The van der Waals surface area contributed by atoms with E-state index in [2.05, 4.69) is 9.97 Å². The molecule has 0 aliphatic heterocycles. The summed E-state index contributed by atoms with van der Waals surface area (Å²) in [7, 11) is 1.30. The third-order valence-electron chi connectivity index (χ3n) is 4.30. The van der Waals surface area contributed by atoms with Crippen molar-refractivity contribution in [3.05, 3.63) is 48.2 Å². The molecule has 0 saturated carbocycles. The quantitative estimate of drug-likeness (QED) is 0.430. The SMILES string of the molecule is CN(C(=N)N)C(=O)c1cc2c(CC(F)(F)F)ccc(OCCn3ccnc3)c2[nH]1. The van der Waals surface area contributed by atoms with E-state index >= 15 is 0 Å². The molecule has 0 saturated heterocycles. The summed E-state index contributed by atoms with van der Waals surface area (Å²) in [4.78, 5) is 20.1. The van der Waals surface area contributed by atoms with Gasteiger partial charge in [-0.3, -0.25) is 15.1 Å². The molecular formula is C18H19F3N6O2. The van der Waals surface area contributed by atoms with Gasteiger partial charge in [0.1, 0.15) is 18.1 Å². The minimum Gasteiger partial charge on any atom is -0.490 e. The highest BCUT2D eigenvalue weighted by atomic mass is 19.4. The molecule has 2 aromatic heterocycles. The van der Waals surface area contributed by atoms with Crippen LogP contribution in [-0.2, 0) is 13.0 Å². The molecule has 154 valence electrons. The number of halogens is 3. The molecule has 0 radical (unpaired) electrons. The van der Waals surface area contributed by atoms with E-state index in [1.165, 1.54) is 25.2 Å². The average molecular weight is 408 g/mol. The Morgan fingerprint density at radius 1 is 1.41 bits per heavy atom. The molecule has 8 nitrogen and oxygen atoms in total. The van der Waals surface area contributed by atoms with Gasteiger partial charge in [0.25, 0.3) is 5.91 Å². The van der Waals surface area contributed by atoms with Crippen molar-refractivity contribution >= 4 is 22.8 Å². The molecule has 29 heavy (non-hydrogen) atoms. The maximum Gasteiger partial charge on any atom is 0.393 e. The van der Waals surface area contributed by atoms with Gasteiger partial charge in [-0.05, 0) is 17.7 Å². The highest BCUT2D eigenvalue weighted by Gasteiger charge is 2.29. The summed E-state index contributed by atoms with van der Waals surface area (Å²) in [6, 6.07) is 4.09. The molecule has 0 atom stereocenters. The number of carbonyl (C=O) groups is 1. The van der Waals surface area contributed by atoms with E-state index in [0.29, 0.717) is 12.3 Å². The molecule has 11 heteroatoms. The summed E-state index contributed by atoms with van der Waals surface area (Å²) in [6.07, 6.45) is -0.553. The topological polar surface area (TPSA) is 113 Å². The Labute approximate surface area is 163 Å². The number of nitrogens with two attached hydrogens (primary N) is 1. The third kappa shape index (κ3) is 4.68. The smallest absolute Gasteiger partial charge is 0.393 e. The van der Waals surface area contributed by atoms with Gasteiger partial charge in [-0.1, -0.05) is 6.07 Å². The first-order valence-electron chi connectivity index (χ1n) is 8.57. The van der Waals surface area contributed by atoms with Gasteiger partial charge in [0.15, 0.2) is 5.96 Å². The van der Waals surface area contributed by atoms with Crippen molar-refractivity contribution in [3.8, 4) is 5.75 Å². The van der Waals surface area contributed by atoms with Gasteiger partial charge in [-0.2, -0.15) is 13.2 Å². The molecule has 3 rings (SSSR count). The highest BCUT2D eigenvalue weighted by Crippen LogP contribution is 2.33. The molecule has 0 aliphatic rings. The summed E-state index contributed by atoms with van der Waals surface area (Å²) >= 11 is 0. The van der Waals surface area contributed by atoms with Gasteiger partial charge < -0.3 is 20.0 Å². The van der Waals surface area contributed by atoms with Crippen LogP contribution in [0.25, 0.3) is 10.9 Å². The molecule has 0 bridgehead atoms. The zero-order chi connectivity index (χ0) is 21.2. The summed E-state index contributed by atoms with van der Waals surface area (Å²) in [5.41, 5.74) is 5.61. The van der Waals surface area contributed by atoms with Gasteiger partial charge in [0, 0.05) is 24.8 Å². The number of imidazole rings is 1. The first-order valence-corrected chi connectivity index (χ1v) is 8.57. The van der Waals surface area contributed by atoms with Crippen molar-refractivity contribution in [1.29, 1.82) is 5.41 Å². The number of aromatic amines is 1. The lowest BCUT2D eigenvalue weighted by Crippen LogP contribution is -2.38. The number of nitrogens with one attached hydrogen (secondary N) is 2. The minimum absolute atomic E-state index is 0.00628. The van der Waals surface area contributed by atoms with Crippen molar-refractivity contribution < 1.29 is 22.7 Å². The number of hydrogen-bond donors (Lipinski definition) is 3. The van der Waals surface area contributed by atoms with Gasteiger partial charge in [0.2, 0.25) is 0 Å². The van der Waals surface area contributed by atoms with Crippen LogP contribution < -0.4 is 10.5 Å². The number of guanidine groups is 1. The highest BCUT2D eigenvalue weighted by molar-refractivity contribution is 6.06. The maximum atomic E-state index is 13.0. The molecule has 0 fully saturated rings. The molecule has 1 amide bonds. The molecule has 0 aliphatic carbocycles. The van der Waals surface area contributed by atoms with Crippen LogP contribution in [-0.4, -0.2) is 51.1 Å². The van der Waals surface area contributed by atoms with E-state index in [0.717, 1.165) is 4.90 Å². The van der Waals surface area contributed by atoms with Gasteiger partial charge in [-0.25, -0.2) is 4.98 Å². The number of H-pyrrole nitrogens is 1. The number of fused-ring (bicyclic) bond motifs is 1. The van der Waals surface area contributed by atoms with Crippen LogP contribution in [0, 0.1) is 5.41 Å². The minimum atomic E-state index is -4.41. The van der Waals surface area contributed by atoms with Crippen LogP contribution in [0.1, 0.15) is 16.1 Å². The van der Waals surface area contributed by atoms with Crippen LogP contribution in [0.3, 0.4) is 0 Å². The Kier molecular flexibility index (Phi) is 5.48. The van der Waals surface area contributed by atoms with Crippen molar-refractivity contribution in [2.45, 2.75) is 19.1 Å². The van der Waals surface area contributed by atoms with E-state index in [-0.39, 0.29) is 28.8 Å². The average Bonchev–Trinajstić information content (AvgIpc) is 3.30. The van der Waals surface area contributed by atoms with Gasteiger partial charge in [-0.15, -0.1) is 0 Å². The van der Waals surface area contributed by atoms with Crippen molar-refractivity contribution in [2.75, 3.05) is 13.7 Å². The van der Waals surface area contributed by atoms with E-state index in [9.17, 15) is 18.0 Å². The normalized spacial score (nSPS) is 11.6. The Balaban J connectivity index is 1.95. The fraction of sp³-hybridized carbons (Fsp3) is 0.278. The number of aromatic nitrogens is 3. The zero-order valence-electron chi connectivity index (χ0n) is 15.5. The number of rotatable bonds is 6. The maximum absolute atomic E-state index is 13.0. The Bertz CT molecular complexity index is 1030. The van der Waals surface area contributed by atoms with Gasteiger partial charge >= 0.3 is 6.18 Å². The Hall–Kier alpha value is -3.50. The number of benzene rings is 1. The van der Waals surface area contributed by atoms with Crippen LogP contribution >= 0.6 is 0 Å². The van der Waals surface area contributed by atoms with Crippen molar-refractivity contribution in [1.82, 2.24) is 19.4 Å². The lowest BCUT2D eigenvalue weighted by Gasteiger charge is -2.13. The number of alkyl halides is 3. The van der Waals surface area contributed by atoms with Crippen LogP contribution in [0.15, 0.2) is 36.9 Å². The van der Waals surface area contributed by atoms with E-state index in [1.54, 1.807) is 23.3 Å². The fourth-order valence-corrected chi connectivity index (χ4v) is 2.83. The predicted octanol–water partition coefficient (Wildman–Crippen LogP) is 2.51. The molecule has 0 unspecified atom stereocenters. The summed E-state index contributed by atoms with van der Waals surface area (Å²) in [6.45, 7) is 0.741. The Morgan fingerprint density at radius 2 is 2.17 bits per heavy atom. The monoisotopic (exact) mass is 408 g/mol. The van der Waals surface area contributed by atoms with E-state index < -0.39 is 24.5 Å². The van der Waals surface area contributed by atoms with Crippen LogP contribution in [0.4, 0.5) is 13.2 Å². The molecule has 4 N–H and O–H groups in total. The second kappa shape index (κ2) is 7.86. The van der Waals surface area contributed by atoms with E-state index in [1.807, 2.05) is 0 Å². The third-order valence-corrected chi connectivity index (χ3v) is 4.30. The lowest BCUT2D eigenvalue weighted by atomic mass is 10.1. The van der Waals surface area contributed by atoms with Gasteiger partial charge in [0.05, 0.1) is 24.8 Å². The summed E-state index contributed by atoms with van der Waals surface area (Å²) < 4.78 is 46.4. The molecule has 1 aromatic carbocycles. The number of ether oxygens (including phenoxy) is 1. The first-order chi connectivity index (χ1) is 13.7. The summed E-state index contributed by atoms with van der Waals surface area (Å²) in [5.74, 6) is -0.812. The number of hydrogen-bond acceptors (Lipinski definition) is 4. The fourth-order valence-electron chi connectivity index (χ4n) is 2.83. The zero-order valence-corrected chi connectivity index (χ0v) is 15.5. The predicted molar refractivity (Wildman–Crippen MR) is 99.8 cm³/mol.